The van der Waals surface area contributed by atoms with Crippen molar-refractivity contribution in [3.63, 3.8) is 0 Å². The van der Waals surface area contributed by atoms with Gasteiger partial charge in [-0.15, -0.1) is 4.73 Å². The molecule has 0 saturated heterocycles. The summed E-state index contributed by atoms with van der Waals surface area (Å²) in [6.07, 6.45) is 1.04. The number of phosphoric acid groups is 1. The van der Waals surface area contributed by atoms with Gasteiger partial charge in [0.1, 0.15) is 6.33 Å². The van der Waals surface area contributed by atoms with Crippen LogP contribution in [0.2, 0.25) is 0 Å². The van der Waals surface area contributed by atoms with Gasteiger partial charge in [0, 0.05) is 4.91 Å². The molecule has 0 saturated carbocycles. The second kappa shape index (κ2) is 4.13. The molecule has 0 amide bonds. The van der Waals surface area contributed by atoms with Crippen LogP contribution in [0.4, 0.5) is 11.8 Å². The summed E-state index contributed by atoms with van der Waals surface area (Å²) in [6.45, 7) is 0. The molecule has 2 rings (SSSR count). The molecular weight excluding hydrogens is 267 g/mol. The Kier molecular flexibility index (Phi) is 2.77. The minimum Gasteiger partial charge on any atom is -0.382 e. The number of nitrogens with zero attached hydrogens (tertiary/aromatic N) is 7. The van der Waals surface area contributed by atoms with Gasteiger partial charge in [0.25, 0.3) is 0 Å². The van der Waals surface area contributed by atoms with Crippen molar-refractivity contribution >= 4 is 30.8 Å². The van der Waals surface area contributed by atoms with Crippen molar-refractivity contribution < 1.29 is 19.0 Å². The van der Waals surface area contributed by atoms with Gasteiger partial charge in [-0.05, 0) is 10.6 Å². The molecule has 0 aliphatic heterocycles. The minimum atomic E-state index is -4.89. The molecule has 18 heavy (non-hydrogen) atoms. The number of fused-ring (bicyclic) bond motifs is 1. The summed E-state index contributed by atoms with van der Waals surface area (Å²) in [4.78, 5) is 30.9. The molecule has 0 unspecified atom stereocenters. The Morgan fingerprint density at radius 1 is 1.56 bits per heavy atom. The highest BCUT2D eigenvalue weighted by Crippen LogP contribution is 2.34. The average Bonchev–Trinajstić information content (AvgIpc) is 2.58. The van der Waals surface area contributed by atoms with Gasteiger partial charge in [-0.3, -0.25) is 9.79 Å². The highest BCUT2D eigenvalue weighted by atomic mass is 31.2. The lowest BCUT2D eigenvalue weighted by atomic mass is 10.5. The van der Waals surface area contributed by atoms with Crippen LogP contribution in [0.5, 0.6) is 0 Å². The molecule has 13 heteroatoms. The summed E-state index contributed by atoms with van der Waals surface area (Å²) >= 11 is 0. The Balaban J connectivity index is 2.74. The standard InChI is InChI=1S/C5H5N8O4P/c6-3-2-4(9-1-8-3)13(17-18(14,15)16)5(10-2)11-12-7/h1H,(H2,6,8,9)(H2,14,15,16). The van der Waals surface area contributed by atoms with E-state index < -0.39 is 13.8 Å². The van der Waals surface area contributed by atoms with E-state index >= 15 is 0 Å². The van der Waals surface area contributed by atoms with Gasteiger partial charge in [0.2, 0.25) is 11.6 Å². The maximum absolute atomic E-state index is 10.8. The number of imidazole rings is 1. The number of anilines is 1. The van der Waals surface area contributed by atoms with Crippen LogP contribution in [0.3, 0.4) is 0 Å². The van der Waals surface area contributed by atoms with E-state index in [-0.39, 0.29) is 17.0 Å². The first-order chi connectivity index (χ1) is 8.42. The number of rotatable bonds is 3. The zero-order valence-corrected chi connectivity index (χ0v) is 9.34. The molecule has 0 fully saturated rings. The van der Waals surface area contributed by atoms with Crippen molar-refractivity contribution in [2.45, 2.75) is 0 Å². The van der Waals surface area contributed by atoms with E-state index in [1.807, 2.05) is 0 Å². The van der Waals surface area contributed by atoms with Gasteiger partial charge >= 0.3 is 7.82 Å². The fourth-order valence-corrected chi connectivity index (χ4v) is 1.53. The van der Waals surface area contributed by atoms with Crippen LogP contribution < -0.4 is 10.4 Å². The summed E-state index contributed by atoms with van der Waals surface area (Å²) in [5, 5.41) is 3.11. The molecule has 0 radical (unpaired) electrons. The predicted molar refractivity (Wildman–Crippen MR) is 57.2 cm³/mol. The normalized spacial score (nSPS) is 11.2. The van der Waals surface area contributed by atoms with Crippen LogP contribution in [0.25, 0.3) is 21.6 Å². The Labute approximate surface area is 97.9 Å². The smallest absolute Gasteiger partial charge is 0.382 e. The predicted octanol–water partition coefficient (Wildman–Crippen LogP) is -0.128. The van der Waals surface area contributed by atoms with Crippen LogP contribution in [0, 0.1) is 0 Å². The van der Waals surface area contributed by atoms with E-state index in [4.69, 9.17) is 21.1 Å². The quantitative estimate of drug-likeness (QED) is 0.298. The van der Waals surface area contributed by atoms with E-state index in [0.717, 1.165) is 6.33 Å². The number of nitrogen functional groups attached to an aromatic ring is 1. The van der Waals surface area contributed by atoms with Gasteiger partial charge < -0.3 is 10.4 Å². The summed E-state index contributed by atoms with van der Waals surface area (Å²) < 4.78 is 15.6. The maximum atomic E-state index is 10.8. The second-order valence-corrected chi connectivity index (χ2v) is 4.04. The zero-order valence-electron chi connectivity index (χ0n) is 8.44. The molecule has 12 nitrogen and oxygen atoms in total. The molecule has 0 aliphatic carbocycles. The highest BCUT2D eigenvalue weighted by Gasteiger charge is 2.23. The Morgan fingerprint density at radius 3 is 2.89 bits per heavy atom. The van der Waals surface area contributed by atoms with Crippen LogP contribution in [0.15, 0.2) is 11.4 Å². The van der Waals surface area contributed by atoms with Gasteiger partial charge in [-0.2, -0.15) is 0 Å². The lowest BCUT2D eigenvalue weighted by molar-refractivity contribution is 0.185. The average molecular weight is 272 g/mol. The van der Waals surface area contributed by atoms with Crippen LogP contribution in [-0.4, -0.2) is 29.5 Å². The Hall–Kier alpha value is -2.39. The van der Waals surface area contributed by atoms with Gasteiger partial charge in [0.15, 0.2) is 11.3 Å². The number of hydrogen-bond acceptors (Lipinski definition) is 7. The van der Waals surface area contributed by atoms with E-state index in [1.54, 1.807) is 0 Å². The van der Waals surface area contributed by atoms with Crippen LogP contribution >= 0.6 is 7.82 Å². The molecular formula is C5H5N8O4P. The summed E-state index contributed by atoms with van der Waals surface area (Å²) in [5.74, 6) is -0.509. The molecule has 94 valence electrons. The van der Waals surface area contributed by atoms with Crippen molar-refractivity contribution in [2.24, 2.45) is 5.11 Å². The third kappa shape index (κ3) is 2.17. The Morgan fingerprint density at radius 2 is 2.28 bits per heavy atom. The fourth-order valence-electron chi connectivity index (χ4n) is 1.16. The first-order valence-corrected chi connectivity index (χ1v) is 5.75. The molecule has 2 aromatic heterocycles. The van der Waals surface area contributed by atoms with E-state index in [1.165, 1.54) is 0 Å². The van der Waals surface area contributed by atoms with Gasteiger partial charge in [0.05, 0.1) is 0 Å². The summed E-state index contributed by atoms with van der Waals surface area (Å²) in [7, 11) is -4.89. The fraction of sp³-hybridized carbons (Fsp3) is 0. The molecule has 0 atom stereocenters. The van der Waals surface area contributed by atoms with Gasteiger partial charge in [-0.1, -0.05) is 0 Å². The molecule has 2 aromatic rings. The van der Waals surface area contributed by atoms with E-state index in [0.29, 0.717) is 4.73 Å². The molecule has 0 aliphatic rings. The Bertz CT molecular complexity index is 699. The minimum absolute atomic E-state index is 0.00616. The molecule has 4 N–H and O–H groups in total. The monoisotopic (exact) mass is 272 g/mol. The highest BCUT2D eigenvalue weighted by molar-refractivity contribution is 7.46. The molecule has 2 heterocycles. The van der Waals surface area contributed by atoms with Crippen LogP contribution in [-0.2, 0) is 4.57 Å². The summed E-state index contributed by atoms with van der Waals surface area (Å²) in [6, 6.07) is 0. The van der Waals surface area contributed by atoms with Crippen molar-refractivity contribution in [1.29, 1.82) is 0 Å². The van der Waals surface area contributed by atoms with Gasteiger partial charge in [-0.25, -0.2) is 19.5 Å². The molecule has 0 aromatic carbocycles. The largest absolute Gasteiger partial charge is 0.543 e. The lowest BCUT2D eigenvalue weighted by Gasteiger charge is -2.07. The number of aromatic nitrogens is 4. The number of nitrogens with two attached hydrogens (primary N) is 1. The zero-order chi connectivity index (χ0) is 13.3. The van der Waals surface area contributed by atoms with Crippen molar-refractivity contribution in [3.8, 4) is 0 Å². The molecule has 0 bridgehead atoms. The first kappa shape index (κ1) is 12.1. The third-order valence-corrected chi connectivity index (χ3v) is 2.12. The molecule has 0 spiro atoms. The van der Waals surface area contributed by atoms with E-state index in [9.17, 15) is 4.57 Å². The van der Waals surface area contributed by atoms with Crippen molar-refractivity contribution in [3.05, 3.63) is 16.8 Å². The summed E-state index contributed by atoms with van der Waals surface area (Å²) in [5.41, 5.74) is 13.7. The topological polar surface area (TPSA) is 185 Å². The number of hydrogen-bond donors (Lipinski definition) is 3. The lowest BCUT2D eigenvalue weighted by Crippen LogP contribution is -2.08. The van der Waals surface area contributed by atoms with Crippen molar-refractivity contribution in [2.75, 3.05) is 5.73 Å². The van der Waals surface area contributed by atoms with E-state index in [2.05, 4.69) is 29.6 Å². The second-order valence-electron chi connectivity index (χ2n) is 2.90. The van der Waals surface area contributed by atoms with Crippen molar-refractivity contribution in [1.82, 2.24) is 19.7 Å². The maximum Gasteiger partial charge on any atom is 0.543 e. The number of azide groups is 1. The SMILES string of the molecule is [N-]=[N+]=Nc1nc2c(N)ncnc2n1OP(=O)(O)O. The third-order valence-electron chi connectivity index (χ3n) is 1.74. The first-order valence-electron chi connectivity index (χ1n) is 4.22. The van der Waals surface area contributed by atoms with Crippen LogP contribution in [0.1, 0.15) is 0 Å².